The van der Waals surface area contributed by atoms with Crippen molar-refractivity contribution in [2.45, 2.75) is 33.3 Å². The van der Waals surface area contributed by atoms with E-state index in [9.17, 15) is 0 Å². The van der Waals surface area contributed by atoms with Crippen molar-refractivity contribution in [1.82, 2.24) is 9.97 Å². The van der Waals surface area contributed by atoms with Crippen molar-refractivity contribution in [2.75, 3.05) is 11.9 Å². The Labute approximate surface area is 139 Å². The normalized spacial score (nSPS) is 10.7. The van der Waals surface area contributed by atoms with Crippen LogP contribution >= 0.6 is 22.6 Å². The first-order valence-electron chi connectivity index (χ1n) is 7.09. The highest BCUT2D eigenvalue weighted by Crippen LogP contribution is 2.25. The van der Waals surface area contributed by atoms with Crippen LogP contribution in [0.1, 0.15) is 38.2 Å². The maximum atomic E-state index is 5.74. The molecule has 4 nitrogen and oxygen atoms in total. The lowest BCUT2D eigenvalue weighted by atomic mass is 10.1. The monoisotopic (exact) mass is 397 g/mol. The van der Waals surface area contributed by atoms with Crippen LogP contribution in [0.2, 0.25) is 0 Å². The van der Waals surface area contributed by atoms with Crippen LogP contribution < -0.4 is 10.1 Å². The third-order valence-electron chi connectivity index (χ3n) is 2.93. The van der Waals surface area contributed by atoms with Gasteiger partial charge in [0.2, 0.25) is 0 Å². The quantitative estimate of drug-likeness (QED) is 0.742. The van der Waals surface area contributed by atoms with Crippen molar-refractivity contribution in [2.24, 2.45) is 0 Å². The molecule has 0 spiro atoms. The van der Waals surface area contributed by atoms with Gasteiger partial charge in [-0.15, -0.1) is 0 Å². The summed E-state index contributed by atoms with van der Waals surface area (Å²) in [6.07, 6.45) is 0. The summed E-state index contributed by atoms with van der Waals surface area (Å²) >= 11 is 2.31. The fourth-order valence-corrected chi connectivity index (χ4v) is 2.96. The lowest BCUT2D eigenvalue weighted by Crippen LogP contribution is -2.12. The smallest absolute Gasteiger partial charge is 0.168 e. The van der Waals surface area contributed by atoms with Gasteiger partial charge in [-0.25, -0.2) is 9.97 Å². The van der Waals surface area contributed by atoms with Gasteiger partial charge in [-0.3, -0.25) is 0 Å². The maximum absolute atomic E-state index is 5.74. The van der Waals surface area contributed by atoms with E-state index in [0.717, 1.165) is 27.4 Å². The number of aromatic nitrogens is 2. The highest BCUT2D eigenvalue weighted by atomic mass is 127. The zero-order chi connectivity index (χ0) is 15.2. The summed E-state index contributed by atoms with van der Waals surface area (Å²) < 4.78 is 6.84. The number of rotatable bonds is 6. The second-order valence-electron chi connectivity index (χ2n) is 4.97. The van der Waals surface area contributed by atoms with Crippen molar-refractivity contribution >= 4 is 28.4 Å². The number of benzene rings is 1. The van der Waals surface area contributed by atoms with Gasteiger partial charge < -0.3 is 10.1 Å². The van der Waals surface area contributed by atoms with Crippen molar-refractivity contribution in [1.29, 1.82) is 0 Å². The van der Waals surface area contributed by atoms with Crippen LogP contribution in [0, 0.1) is 3.57 Å². The van der Waals surface area contributed by atoms with E-state index in [1.165, 1.54) is 0 Å². The topological polar surface area (TPSA) is 47.0 Å². The Kier molecular flexibility index (Phi) is 5.78. The van der Waals surface area contributed by atoms with Gasteiger partial charge in [-0.1, -0.05) is 32.0 Å². The van der Waals surface area contributed by atoms with Crippen LogP contribution in [0.3, 0.4) is 0 Å². The molecule has 2 rings (SSSR count). The molecular formula is C16H20IN3O. The van der Waals surface area contributed by atoms with E-state index in [1.54, 1.807) is 0 Å². The van der Waals surface area contributed by atoms with Crippen molar-refractivity contribution in [3.63, 3.8) is 0 Å². The standard InChI is InChI=1S/C16H20IN3O/c1-4-18-16-14(17)15(11(2)3)19-13(20-16)10-21-12-8-6-5-7-9-12/h5-9,11H,4,10H2,1-3H3,(H,18,19,20). The number of nitrogens with one attached hydrogen (secondary N) is 1. The lowest BCUT2D eigenvalue weighted by Gasteiger charge is -2.14. The van der Waals surface area contributed by atoms with E-state index in [2.05, 4.69) is 58.6 Å². The number of hydrogen-bond donors (Lipinski definition) is 1. The van der Waals surface area contributed by atoms with Gasteiger partial charge in [0.1, 0.15) is 18.2 Å². The fraction of sp³-hybridized carbons (Fsp3) is 0.375. The Bertz CT molecular complexity index is 588. The largest absolute Gasteiger partial charge is 0.486 e. The number of nitrogens with zero attached hydrogens (tertiary/aromatic N) is 2. The van der Waals surface area contributed by atoms with E-state index >= 15 is 0 Å². The summed E-state index contributed by atoms with van der Waals surface area (Å²) in [6, 6.07) is 9.73. The van der Waals surface area contributed by atoms with Crippen LogP contribution in [-0.2, 0) is 6.61 Å². The van der Waals surface area contributed by atoms with Crippen LogP contribution in [-0.4, -0.2) is 16.5 Å². The highest BCUT2D eigenvalue weighted by Gasteiger charge is 2.14. The Morgan fingerprint density at radius 2 is 1.90 bits per heavy atom. The molecule has 5 heteroatoms. The van der Waals surface area contributed by atoms with Gasteiger partial charge in [-0.2, -0.15) is 0 Å². The third-order valence-corrected chi connectivity index (χ3v) is 3.99. The number of para-hydroxylation sites is 1. The van der Waals surface area contributed by atoms with Crippen LogP contribution in [0.4, 0.5) is 5.82 Å². The highest BCUT2D eigenvalue weighted by molar-refractivity contribution is 14.1. The SMILES string of the molecule is CCNc1nc(COc2ccccc2)nc(C(C)C)c1I. The molecule has 1 heterocycles. The van der Waals surface area contributed by atoms with Gasteiger partial charge in [0.05, 0.1) is 9.26 Å². The van der Waals surface area contributed by atoms with E-state index < -0.39 is 0 Å². The summed E-state index contributed by atoms with van der Waals surface area (Å²) in [4.78, 5) is 9.21. The molecule has 1 aromatic heterocycles. The second kappa shape index (κ2) is 7.59. The summed E-state index contributed by atoms with van der Waals surface area (Å²) in [6.45, 7) is 7.56. The molecule has 0 amide bonds. The summed E-state index contributed by atoms with van der Waals surface area (Å²) in [5.74, 6) is 2.78. The molecule has 0 saturated heterocycles. The fourth-order valence-electron chi connectivity index (χ4n) is 1.91. The molecule has 0 aliphatic carbocycles. The minimum Gasteiger partial charge on any atom is -0.486 e. The molecule has 0 unspecified atom stereocenters. The molecule has 21 heavy (non-hydrogen) atoms. The Morgan fingerprint density at radius 1 is 1.19 bits per heavy atom. The van der Waals surface area contributed by atoms with Gasteiger partial charge in [0.15, 0.2) is 5.82 Å². The second-order valence-corrected chi connectivity index (χ2v) is 6.05. The minimum atomic E-state index is 0.354. The van der Waals surface area contributed by atoms with Crippen LogP contribution in [0.25, 0.3) is 0 Å². The van der Waals surface area contributed by atoms with E-state index in [0.29, 0.717) is 18.3 Å². The molecular weight excluding hydrogens is 377 g/mol. The Balaban J connectivity index is 2.22. The molecule has 0 fully saturated rings. The summed E-state index contributed by atoms with van der Waals surface area (Å²) in [7, 11) is 0. The van der Waals surface area contributed by atoms with Crippen molar-refractivity contribution < 1.29 is 4.74 Å². The molecule has 2 aromatic rings. The van der Waals surface area contributed by atoms with E-state index in [4.69, 9.17) is 4.74 Å². The van der Waals surface area contributed by atoms with Crippen molar-refractivity contribution in [3.05, 3.63) is 45.4 Å². The molecule has 1 aromatic carbocycles. The van der Waals surface area contributed by atoms with Gasteiger partial charge in [0, 0.05) is 6.54 Å². The molecule has 1 N–H and O–H groups in total. The molecule has 112 valence electrons. The van der Waals surface area contributed by atoms with Crippen LogP contribution in [0.15, 0.2) is 30.3 Å². The Morgan fingerprint density at radius 3 is 2.52 bits per heavy atom. The zero-order valence-electron chi connectivity index (χ0n) is 12.6. The maximum Gasteiger partial charge on any atom is 0.168 e. The molecule has 0 aliphatic heterocycles. The van der Waals surface area contributed by atoms with Gasteiger partial charge in [0.25, 0.3) is 0 Å². The van der Waals surface area contributed by atoms with Gasteiger partial charge >= 0.3 is 0 Å². The van der Waals surface area contributed by atoms with E-state index in [1.807, 2.05) is 30.3 Å². The predicted octanol–water partition coefficient (Wildman–Crippen LogP) is 4.22. The summed E-state index contributed by atoms with van der Waals surface area (Å²) in [5.41, 5.74) is 1.06. The molecule has 0 radical (unpaired) electrons. The first-order chi connectivity index (χ1) is 10.1. The zero-order valence-corrected chi connectivity index (χ0v) is 14.7. The van der Waals surface area contributed by atoms with Crippen LogP contribution in [0.5, 0.6) is 5.75 Å². The number of hydrogen-bond acceptors (Lipinski definition) is 4. The number of ether oxygens (including phenoxy) is 1. The lowest BCUT2D eigenvalue weighted by molar-refractivity contribution is 0.295. The predicted molar refractivity (Wildman–Crippen MR) is 93.8 cm³/mol. The third kappa shape index (κ3) is 4.30. The summed E-state index contributed by atoms with van der Waals surface area (Å²) in [5, 5.41) is 3.30. The van der Waals surface area contributed by atoms with Crippen molar-refractivity contribution in [3.8, 4) is 5.75 Å². The average molecular weight is 397 g/mol. The average Bonchev–Trinajstić information content (AvgIpc) is 2.49. The Hall–Kier alpha value is -1.37. The molecule has 0 saturated carbocycles. The number of anilines is 1. The first kappa shape index (κ1) is 16.0. The molecule has 0 atom stereocenters. The number of halogens is 1. The first-order valence-corrected chi connectivity index (χ1v) is 8.17. The van der Waals surface area contributed by atoms with E-state index in [-0.39, 0.29) is 0 Å². The van der Waals surface area contributed by atoms with Gasteiger partial charge in [-0.05, 0) is 47.6 Å². The molecule has 0 bridgehead atoms. The minimum absolute atomic E-state index is 0.354. The molecule has 0 aliphatic rings.